The van der Waals surface area contributed by atoms with E-state index in [-0.39, 0.29) is 18.6 Å². The lowest BCUT2D eigenvalue weighted by Gasteiger charge is -2.12. The predicted octanol–water partition coefficient (Wildman–Crippen LogP) is 1.83. The topological polar surface area (TPSA) is 61.5 Å². The lowest BCUT2D eigenvalue weighted by molar-refractivity contribution is -0.148. The molecule has 4 nitrogen and oxygen atoms in total. The maximum absolute atomic E-state index is 11.1. The Bertz CT molecular complexity index is 362. The van der Waals surface area contributed by atoms with E-state index in [1.54, 1.807) is 6.92 Å². The summed E-state index contributed by atoms with van der Waals surface area (Å²) in [6.07, 6.45) is 1.01. The normalized spacial score (nSPS) is 12.2. The predicted molar refractivity (Wildman–Crippen MR) is 70.2 cm³/mol. The molecule has 4 heteroatoms. The van der Waals surface area contributed by atoms with Crippen molar-refractivity contribution in [3.05, 3.63) is 35.4 Å². The Morgan fingerprint density at radius 3 is 2.50 bits per heavy atom. The number of aryl methyl sites for hydroxylation is 1. The molecule has 0 spiro atoms. The fourth-order valence-corrected chi connectivity index (χ4v) is 1.57. The van der Waals surface area contributed by atoms with Crippen LogP contribution in [0.25, 0.3) is 0 Å². The molecule has 0 fully saturated rings. The van der Waals surface area contributed by atoms with Gasteiger partial charge >= 0.3 is 5.97 Å². The van der Waals surface area contributed by atoms with Crippen molar-refractivity contribution in [2.45, 2.75) is 26.3 Å². The number of carbonyl (C=O) groups is 1. The molecule has 0 aromatic heterocycles. The maximum Gasteiger partial charge on any atom is 0.332 e. The van der Waals surface area contributed by atoms with Crippen molar-refractivity contribution in [2.24, 2.45) is 5.73 Å². The molecule has 0 saturated heterocycles. The van der Waals surface area contributed by atoms with Crippen molar-refractivity contribution >= 4 is 5.97 Å². The molecule has 2 N–H and O–H groups in total. The third-order valence-corrected chi connectivity index (χ3v) is 2.64. The third-order valence-electron chi connectivity index (χ3n) is 2.64. The molecule has 0 aliphatic heterocycles. The first-order valence-corrected chi connectivity index (χ1v) is 6.25. The molecule has 1 aromatic rings. The first-order valence-electron chi connectivity index (χ1n) is 6.25. The summed E-state index contributed by atoms with van der Waals surface area (Å²) in [4.78, 5) is 11.1. The molecule has 1 rings (SSSR count). The van der Waals surface area contributed by atoms with Crippen molar-refractivity contribution in [2.75, 3.05) is 19.8 Å². The Labute approximate surface area is 108 Å². The van der Waals surface area contributed by atoms with Gasteiger partial charge in [-0.3, -0.25) is 0 Å². The molecule has 1 aromatic carbocycles. The van der Waals surface area contributed by atoms with Crippen molar-refractivity contribution in [1.82, 2.24) is 0 Å². The molecule has 18 heavy (non-hydrogen) atoms. The quantitative estimate of drug-likeness (QED) is 0.751. The Balaban J connectivity index is 2.35. The Kier molecular flexibility index (Phi) is 6.39. The molecule has 0 saturated carbocycles. The van der Waals surface area contributed by atoms with E-state index in [4.69, 9.17) is 15.2 Å². The summed E-state index contributed by atoms with van der Waals surface area (Å²) in [5.41, 5.74) is 8.26. The van der Waals surface area contributed by atoms with E-state index in [2.05, 4.69) is 19.1 Å². The molecule has 0 bridgehead atoms. The Morgan fingerprint density at radius 1 is 1.28 bits per heavy atom. The van der Waals surface area contributed by atoms with Crippen LogP contribution in [0.2, 0.25) is 0 Å². The first-order chi connectivity index (χ1) is 8.67. The van der Waals surface area contributed by atoms with Crippen molar-refractivity contribution in [3.63, 3.8) is 0 Å². The van der Waals surface area contributed by atoms with Gasteiger partial charge in [0, 0.05) is 0 Å². The molecule has 1 unspecified atom stereocenters. The molecule has 100 valence electrons. The maximum atomic E-state index is 11.1. The van der Waals surface area contributed by atoms with Gasteiger partial charge in [-0.25, -0.2) is 4.79 Å². The van der Waals surface area contributed by atoms with Crippen molar-refractivity contribution in [1.29, 1.82) is 0 Å². The smallest absolute Gasteiger partial charge is 0.332 e. The fraction of sp³-hybridized carbons (Fsp3) is 0.500. The Morgan fingerprint density at radius 2 is 1.94 bits per heavy atom. The summed E-state index contributed by atoms with van der Waals surface area (Å²) in [5, 5.41) is 0. The molecule has 0 aliphatic carbocycles. The summed E-state index contributed by atoms with van der Waals surface area (Å²) in [5.74, 6) is -0.356. The van der Waals surface area contributed by atoms with Gasteiger partial charge in [0.2, 0.25) is 0 Å². The molecular formula is C14H21NO3. The third kappa shape index (κ3) is 4.85. The second-order valence-corrected chi connectivity index (χ2v) is 4.02. The monoisotopic (exact) mass is 251 g/mol. The van der Waals surface area contributed by atoms with Gasteiger partial charge in [0.1, 0.15) is 6.61 Å². The van der Waals surface area contributed by atoms with Crippen LogP contribution in [0.15, 0.2) is 24.3 Å². The van der Waals surface area contributed by atoms with E-state index < -0.39 is 0 Å². The van der Waals surface area contributed by atoms with Crippen LogP contribution in [0.3, 0.4) is 0 Å². The first kappa shape index (κ1) is 14.7. The lowest BCUT2D eigenvalue weighted by Crippen LogP contribution is -2.20. The molecule has 0 aliphatic rings. The molecular weight excluding hydrogens is 230 g/mol. The van der Waals surface area contributed by atoms with Gasteiger partial charge in [-0.15, -0.1) is 0 Å². The van der Waals surface area contributed by atoms with Gasteiger partial charge in [0.25, 0.3) is 0 Å². The number of rotatable bonds is 7. The van der Waals surface area contributed by atoms with Gasteiger partial charge in [-0.05, 0) is 24.5 Å². The van der Waals surface area contributed by atoms with Crippen LogP contribution in [0.1, 0.15) is 31.0 Å². The number of benzene rings is 1. The molecule has 1 atom stereocenters. The van der Waals surface area contributed by atoms with Gasteiger partial charge in [-0.1, -0.05) is 31.2 Å². The minimum atomic E-state index is -0.356. The second-order valence-electron chi connectivity index (χ2n) is 4.02. The van der Waals surface area contributed by atoms with E-state index in [0.717, 1.165) is 12.0 Å². The number of hydrogen-bond acceptors (Lipinski definition) is 4. The summed E-state index contributed by atoms with van der Waals surface area (Å²) in [6, 6.07) is 7.89. The average Bonchev–Trinajstić information content (AvgIpc) is 2.39. The summed E-state index contributed by atoms with van der Waals surface area (Å²) < 4.78 is 9.98. The largest absolute Gasteiger partial charge is 0.464 e. The van der Waals surface area contributed by atoms with Crippen LogP contribution in [-0.2, 0) is 20.7 Å². The highest BCUT2D eigenvalue weighted by Crippen LogP contribution is 2.12. The van der Waals surface area contributed by atoms with E-state index in [9.17, 15) is 4.79 Å². The highest BCUT2D eigenvalue weighted by atomic mass is 16.6. The standard InChI is InChI=1S/C14H21NO3/c1-3-11-5-7-12(8-6-11)13(15)9-17-10-14(16)18-4-2/h5-8,13H,3-4,9-10,15H2,1-2H3. The minimum Gasteiger partial charge on any atom is -0.464 e. The van der Waals surface area contributed by atoms with E-state index in [0.29, 0.717) is 13.2 Å². The number of esters is 1. The van der Waals surface area contributed by atoms with E-state index in [1.807, 2.05) is 12.1 Å². The molecule has 0 radical (unpaired) electrons. The van der Waals surface area contributed by atoms with Crippen LogP contribution < -0.4 is 5.73 Å². The van der Waals surface area contributed by atoms with Crippen LogP contribution in [0, 0.1) is 0 Å². The van der Waals surface area contributed by atoms with Crippen molar-refractivity contribution in [3.8, 4) is 0 Å². The fourth-order valence-electron chi connectivity index (χ4n) is 1.57. The average molecular weight is 251 g/mol. The minimum absolute atomic E-state index is 0.0470. The molecule has 0 heterocycles. The second kappa shape index (κ2) is 7.84. The SMILES string of the molecule is CCOC(=O)COCC(N)c1ccc(CC)cc1. The van der Waals surface area contributed by atoms with Gasteiger partial charge in [0.15, 0.2) is 0 Å². The van der Waals surface area contributed by atoms with Crippen LogP contribution in [0.5, 0.6) is 0 Å². The van der Waals surface area contributed by atoms with E-state index >= 15 is 0 Å². The highest BCUT2D eigenvalue weighted by Gasteiger charge is 2.08. The van der Waals surface area contributed by atoms with Gasteiger partial charge in [-0.2, -0.15) is 0 Å². The number of hydrogen-bond donors (Lipinski definition) is 1. The number of ether oxygens (including phenoxy) is 2. The van der Waals surface area contributed by atoms with Crippen LogP contribution >= 0.6 is 0 Å². The summed E-state index contributed by atoms with van der Waals surface area (Å²) in [7, 11) is 0. The van der Waals surface area contributed by atoms with Crippen LogP contribution in [0.4, 0.5) is 0 Å². The van der Waals surface area contributed by atoms with E-state index in [1.165, 1.54) is 5.56 Å². The summed E-state index contributed by atoms with van der Waals surface area (Å²) in [6.45, 7) is 4.50. The highest BCUT2D eigenvalue weighted by molar-refractivity contribution is 5.70. The summed E-state index contributed by atoms with van der Waals surface area (Å²) >= 11 is 0. The van der Waals surface area contributed by atoms with Crippen LogP contribution in [-0.4, -0.2) is 25.8 Å². The zero-order valence-electron chi connectivity index (χ0n) is 11.0. The Hall–Kier alpha value is -1.39. The lowest BCUT2D eigenvalue weighted by atomic mass is 10.1. The molecule has 0 amide bonds. The van der Waals surface area contributed by atoms with Gasteiger partial charge in [0.05, 0.1) is 19.3 Å². The van der Waals surface area contributed by atoms with Crippen molar-refractivity contribution < 1.29 is 14.3 Å². The number of carbonyl (C=O) groups excluding carboxylic acids is 1. The zero-order valence-corrected chi connectivity index (χ0v) is 11.0. The number of nitrogens with two attached hydrogens (primary N) is 1. The zero-order chi connectivity index (χ0) is 13.4. The van der Waals surface area contributed by atoms with Gasteiger partial charge < -0.3 is 15.2 Å².